The van der Waals surface area contributed by atoms with Crippen molar-refractivity contribution in [3.8, 4) is 62.3 Å². The lowest BCUT2D eigenvalue weighted by Gasteiger charge is -2.21. The Morgan fingerprint density at radius 1 is 0.500 bits per heavy atom. The number of halogens is 1. The maximum atomic E-state index is 13.3. The van der Waals surface area contributed by atoms with Crippen molar-refractivity contribution < 1.29 is 22.5 Å². The van der Waals surface area contributed by atoms with Crippen LogP contribution in [0.25, 0.3) is 39.3 Å². The molecule has 0 N–H and O–H groups in total. The molecule has 0 spiro atoms. The van der Waals surface area contributed by atoms with Crippen molar-refractivity contribution in [3.05, 3.63) is 169 Å². The van der Waals surface area contributed by atoms with Crippen LogP contribution >= 0.6 is 12.4 Å². The zero-order valence-corrected chi connectivity index (χ0v) is 29.0. The number of pyridine rings is 1. The molecule has 0 amide bonds. The van der Waals surface area contributed by atoms with Gasteiger partial charge in [0, 0.05) is 40.5 Å². The highest BCUT2D eigenvalue weighted by atomic mass is 35.5. The topological polar surface area (TPSA) is 56.5 Å². The largest absolute Gasteiger partial charge is 0.457 e. The standard InChI is InChI=1S/C43H32NO4S.ClH/c1-29-24-36(47-35-22-23-42-40(28-35)48-39-20-12-13-21-41(39)49(42,45)46)25-30(2)43(29)44-37(32-16-8-4-9-17-32)26-34(31-14-6-3-7-15-31)27-38(44)33-18-10-5-11-19-33;/h3-28H,1-2H3;1H/q+1;. The minimum Gasteiger partial charge on any atom is -0.457 e. The fraction of sp³-hybridized carbons (Fsp3) is 0.0465. The van der Waals surface area contributed by atoms with Gasteiger partial charge in [0.1, 0.15) is 32.8 Å². The minimum atomic E-state index is -3.70. The van der Waals surface area contributed by atoms with E-state index in [-0.39, 0.29) is 27.9 Å². The molecule has 6 aromatic carbocycles. The zero-order chi connectivity index (χ0) is 33.5. The summed E-state index contributed by atoms with van der Waals surface area (Å²) in [7, 11) is -3.70. The van der Waals surface area contributed by atoms with Gasteiger partial charge in [-0.25, -0.2) is 8.42 Å². The van der Waals surface area contributed by atoms with Crippen LogP contribution in [-0.4, -0.2) is 8.42 Å². The van der Waals surface area contributed by atoms with Gasteiger partial charge in [-0.3, -0.25) is 0 Å². The van der Waals surface area contributed by atoms with E-state index < -0.39 is 9.84 Å². The van der Waals surface area contributed by atoms with Gasteiger partial charge >= 0.3 is 0 Å². The van der Waals surface area contributed by atoms with E-state index >= 15 is 0 Å². The summed E-state index contributed by atoms with van der Waals surface area (Å²) >= 11 is 0. The van der Waals surface area contributed by atoms with Gasteiger partial charge in [-0.05, 0) is 85.6 Å². The molecule has 0 saturated carbocycles. The van der Waals surface area contributed by atoms with E-state index in [1.165, 1.54) is 0 Å². The molecule has 0 fully saturated rings. The van der Waals surface area contributed by atoms with Crippen molar-refractivity contribution in [1.29, 1.82) is 0 Å². The first kappa shape index (κ1) is 32.8. The van der Waals surface area contributed by atoms with Crippen molar-refractivity contribution in [2.45, 2.75) is 23.6 Å². The molecule has 246 valence electrons. The summed E-state index contributed by atoms with van der Waals surface area (Å²) < 4.78 is 41.3. The summed E-state index contributed by atoms with van der Waals surface area (Å²) in [6, 6.07) is 51.5. The Balaban J connectivity index is 0.00000392. The fourth-order valence-electron chi connectivity index (χ4n) is 6.59. The zero-order valence-electron chi connectivity index (χ0n) is 27.4. The number of ether oxygens (including phenoxy) is 2. The number of fused-ring (bicyclic) bond motifs is 2. The second-order valence-corrected chi connectivity index (χ2v) is 14.0. The summed E-state index contributed by atoms with van der Waals surface area (Å²) in [5.74, 6) is 1.67. The van der Waals surface area contributed by atoms with E-state index in [9.17, 15) is 8.42 Å². The summed E-state index contributed by atoms with van der Waals surface area (Å²) in [4.78, 5) is 0.288. The van der Waals surface area contributed by atoms with Crippen LogP contribution in [-0.2, 0) is 9.84 Å². The van der Waals surface area contributed by atoms with Gasteiger partial charge in [0.15, 0.2) is 0 Å². The molecule has 7 heteroatoms. The number of nitrogens with zero attached hydrogens (tertiary/aromatic N) is 1. The number of aryl methyl sites for hydroxylation is 2. The summed E-state index contributed by atoms with van der Waals surface area (Å²) in [5, 5.41) is 0. The molecule has 7 aromatic rings. The number of rotatable bonds is 6. The molecule has 1 aromatic heterocycles. The molecular formula is C43H33ClNO4S+. The van der Waals surface area contributed by atoms with Crippen LogP contribution in [0, 0.1) is 13.8 Å². The average Bonchev–Trinajstić information content (AvgIpc) is 3.12. The van der Waals surface area contributed by atoms with Gasteiger partial charge in [-0.2, -0.15) is 4.57 Å². The predicted octanol–water partition coefficient (Wildman–Crippen LogP) is 10.7. The van der Waals surface area contributed by atoms with Crippen LogP contribution < -0.4 is 14.0 Å². The number of benzene rings is 6. The molecule has 0 saturated heterocycles. The third kappa shape index (κ3) is 5.93. The third-order valence-corrected chi connectivity index (χ3v) is 10.6. The Morgan fingerprint density at radius 2 is 1.00 bits per heavy atom. The number of para-hydroxylation sites is 1. The molecule has 0 atom stereocenters. The average molecular weight is 695 g/mol. The molecule has 50 heavy (non-hydrogen) atoms. The first-order valence-electron chi connectivity index (χ1n) is 16.1. The Hall–Kier alpha value is -5.69. The first-order chi connectivity index (χ1) is 23.9. The molecular weight excluding hydrogens is 662 g/mol. The molecule has 0 bridgehead atoms. The molecule has 1 aliphatic heterocycles. The van der Waals surface area contributed by atoms with Crippen LogP contribution in [0.15, 0.2) is 168 Å². The molecule has 1 aliphatic rings. The van der Waals surface area contributed by atoms with Gasteiger partial charge in [0.05, 0.1) is 0 Å². The molecule has 0 aliphatic carbocycles. The highest BCUT2D eigenvalue weighted by Gasteiger charge is 2.32. The minimum absolute atomic E-state index is 0. The summed E-state index contributed by atoms with van der Waals surface area (Å²) in [5.41, 5.74) is 9.70. The van der Waals surface area contributed by atoms with E-state index in [2.05, 4.69) is 103 Å². The van der Waals surface area contributed by atoms with Crippen LogP contribution in [0.1, 0.15) is 11.1 Å². The van der Waals surface area contributed by atoms with Gasteiger partial charge in [0.25, 0.3) is 0 Å². The third-order valence-electron chi connectivity index (χ3n) is 8.80. The van der Waals surface area contributed by atoms with E-state index in [1.807, 2.05) is 30.3 Å². The molecule has 2 heterocycles. The second-order valence-electron chi connectivity index (χ2n) is 12.1. The van der Waals surface area contributed by atoms with Gasteiger partial charge < -0.3 is 9.47 Å². The fourth-order valence-corrected chi connectivity index (χ4v) is 8.07. The molecule has 0 radical (unpaired) electrons. The maximum Gasteiger partial charge on any atom is 0.219 e. The van der Waals surface area contributed by atoms with Crippen LogP contribution in [0.4, 0.5) is 0 Å². The molecule has 5 nitrogen and oxygen atoms in total. The Labute approximate surface area is 298 Å². The normalized spacial score (nSPS) is 12.5. The van der Waals surface area contributed by atoms with Crippen LogP contribution in [0.2, 0.25) is 0 Å². The predicted molar refractivity (Wildman–Crippen MR) is 199 cm³/mol. The summed E-state index contributed by atoms with van der Waals surface area (Å²) in [6.45, 7) is 4.19. The SMILES string of the molecule is Cc1cc(Oc2ccc3c(c2)Oc2ccccc2S3(=O)=O)cc(C)c1-[n+]1c(-c2ccccc2)cc(-c2ccccc2)cc1-c1ccccc1.Cl. The second kappa shape index (κ2) is 13.3. The highest BCUT2D eigenvalue weighted by Crippen LogP contribution is 2.44. The smallest absolute Gasteiger partial charge is 0.219 e. The first-order valence-corrected chi connectivity index (χ1v) is 17.6. The monoisotopic (exact) mass is 694 g/mol. The number of aromatic nitrogens is 1. The number of sulfone groups is 1. The molecule has 0 unspecified atom stereocenters. The lowest BCUT2D eigenvalue weighted by molar-refractivity contribution is -0.572. The number of hydrogen-bond acceptors (Lipinski definition) is 4. The summed E-state index contributed by atoms with van der Waals surface area (Å²) in [6.07, 6.45) is 0. The molecule has 8 rings (SSSR count). The van der Waals surface area contributed by atoms with Gasteiger partial charge in [0.2, 0.25) is 26.9 Å². The van der Waals surface area contributed by atoms with Crippen LogP contribution in [0.3, 0.4) is 0 Å². The Morgan fingerprint density at radius 3 is 1.58 bits per heavy atom. The van der Waals surface area contributed by atoms with E-state index in [0.29, 0.717) is 17.2 Å². The van der Waals surface area contributed by atoms with Crippen molar-refractivity contribution in [2.24, 2.45) is 0 Å². The van der Waals surface area contributed by atoms with Gasteiger partial charge in [-0.15, -0.1) is 12.4 Å². The maximum absolute atomic E-state index is 13.3. The van der Waals surface area contributed by atoms with Crippen molar-refractivity contribution in [3.63, 3.8) is 0 Å². The number of hydrogen-bond donors (Lipinski definition) is 0. The Kier molecular flexibility index (Phi) is 8.74. The van der Waals surface area contributed by atoms with Crippen molar-refractivity contribution in [1.82, 2.24) is 0 Å². The van der Waals surface area contributed by atoms with Crippen LogP contribution in [0.5, 0.6) is 23.0 Å². The Bertz CT molecular complexity index is 2380. The quantitative estimate of drug-likeness (QED) is 0.163. The van der Waals surface area contributed by atoms with E-state index in [0.717, 1.165) is 50.5 Å². The van der Waals surface area contributed by atoms with Gasteiger partial charge in [-0.1, -0.05) is 78.9 Å². The van der Waals surface area contributed by atoms with E-state index in [1.54, 1.807) is 42.5 Å². The lowest BCUT2D eigenvalue weighted by Crippen LogP contribution is -2.38. The lowest BCUT2D eigenvalue weighted by atomic mass is 9.97. The van der Waals surface area contributed by atoms with E-state index in [4.69, 9.17) is 9.47 Å². The van der Waals surface area contributed by atoms with Crippen molar-refractivity contribution in [2.75, 3.05) is 0 Å². The van der Waals surface area contributed by atoms with Crippen molar-refractivity contribution >= 4 is 22.2 Å². The highest BCUT2D eigenvalue weighted by molar-refractivity contribution is 7.91.